The van der Waals surface area contributed by atoms with Gasteiger partial charge in [-0.15, -0.1) is 0 Å². The van der Waals surface area contributed by atoms with Crippen molar-refractivity contribution in [3.8, 4) is 0 Å². The molecule has 2 unspecified atom stereocenters. The molecule has 106 valence electrons. The predicted molar refractivity (Wildman–Crippen MR) is 69.3 cm³/mol. The zero-order valence-electron chi connectivity index (χ0n) is 11.9. The van der Waals surface area contributed by atoms with E-state index in [4.69, 9.17) is 9.84 Å². The second-order valence-electron chi connectivity index (χ2n) is 5.63. The van der Waals surface area contributed by atoms with Crippen LogP contribution in [0.1, 0.15) is 47.0 Å². The van der Waals surface area contributed by atoms with Crippen molar-refractivity contribution >= 4 is 11.9 Å². The van der Waals surface area contributed by atoms with Crippen LogP contribution in [-0.4, -0.2) is 36.2 Å². The van der Waals surface area contributed by atoms with E-state index in [1.165, 1.54) is 7.11 Å². The first-order valence-electron chi connectivity index (χ1n) is 6.27. The van der Waals surface area contributed by atoms with Crippen molar-refractivity contribution in [3.05, 3.63) is 0 Å². The summed E-state index contributed by atoms with van der Waals surface area (Å²) in [7, 11) is 1.44. The second kappa shape index (κ2) is 7.36. The first-order chi connectivity index (χ1) is 8.21. The molecule has 0 saturated carbocycles. The van der Waals surface area contributed by atoms with Gasteiger partial charge >= 0.3 is 5.97 Å². The van der Waals surface area contributed by atoms with Crippen molar-refractivity contribution in [2.24, 2.45) is 5.41 Å². The smallest absolute Gasteiger partial charge is 0.326 e. The van der Waals surface area contributed by atoms with Crippen LogP contribution in [0.3, 0.4) is 0 Å². The summed E-state index contributed by atoms with van der Waals surface area (Å²) in [5.41, 5.74) is 0.0455. The monoisotopic (exact) mass is 259 g/mol. The van der Waals surface area contributed by atoms with E-state index >= 15 is 0 Å². The van der Waals surface area contributed by atoms with E-state index in [0.717, 1.165) is 6.42 Å². The Labute approximate surface area is 109 Å². The maximum absolute atomic E-state index is 11.7. The van der Waals surface area contributed by atoms with Crippen molar-refractivity contribution in [1.82, 2.24) is 5.32 Å². The quantitative estimate of drug-likeness (QED) is 0.731. The Morgan fingerprint density at radius 3 is 2.22 bits per heavy atom. The van der Waals surface area contributed by atoms with Crippen LogP contribution in [0, 0.1) is 5.41 Å². The molecule has 0 aliphatic heterocycles. The number of aliphatic carboxylic acids is 1. The fourth-order valence-corrected chi connectivity index (χ4v) is 1.56. The van der Waals surface area contributed by atoms with Crippen LogP contribution >= 0.6 is 0 Å². The van der Waals surface area contributed by atoms with Gasteiger partial charge in [-0.3, -0.25) is 4.79 Å². The molecule has 0 aromatic heterocycles. The van der Waals surface area contributed by atoms with E-state index in [-0.39, 0.29) is 11.3 Å². The highest BCUT2D eigenvalue weighted by molar-refractivity contribution is 5.86. The number of ether oxygens (including phenoxy) is 1. The van der Waals surface area contributed by atoms with Gasteiger partial charge in [0.15, 0.2) is 0 Å². The number of carboxylic acids is 1. The van der Waals surface area contributed by atoms with Crippen molar-refractivity contribution in [2.75, 3.05) is 7.11 Å². The highest BCUT2D eigenvalue weighted by Gasteiger charge is 2.25. The minimum absolute atomic E-state index is 0.0455. The molecule has 0 spiro atoms. The molecule has 1 amide bonds. The van der Waals surface area contributed by atoms with Crippen molar-refractivity contribution in [1.29, 1.82) is 0 Å². The zero-order chi connectivity index (χ0) is 14.3. The molecule has 0 aliphatic carbocycles. The first kappa shape index (κ1) is 16.9. The largest absolute Gasteiger partial charge is 0.480 e. The summed E-state index contributed by atoms with van der Waals surface area (Å²) in [5, 5.41) is 11.6. The molecule has 0 bridgehead atoms. The number of rotatable bonds is 7. The highest BCUT2D eigenvalue weighted by atomic mass is 16.5. The van der Waals surface area contributed by atoms with Gasteiger partial charge in [0.2, 0.25) is 5.91 Å². The Morgan fingerprint density at radius 1 is 1.33 bits per heavy atom. The fourth-order valence-electron chi connectivity index (χ4n) is 1.56. The molecular formula is C13H25NO4. The van der Waals surface area contributed by atoms with E-state index in [2.05, 4.69) is 5.32 Å². The van der Waals surface area contributed by atoms with Gasteiger partial charge in [-0.1, -0.05) is 27.7 Å². The number of amides is 1. The molecule has 18 heavy (non-hydrogen) atoms. The van der Waals surface area contributed by atoms with E-state index in [0.29, 0.717) is 12.8 Å². The van der Waals surface area contributed by atoms with Gasteiger partial charge in [-0.05, 0) is 24.7 Å². The standard InChI is InChI=1S/C13H25NO4/c1-6-10(18-5)11(15)14-9(12(16)17)7-8-13(2,3)4/h9-10H,6-8H2,1-5H3,(H,14,15)(H,16,17). The number of hydrogen-bond donors (Lipinski definition) is 2. The lowest BCUT2D eigenvalue weighted by molar-refractivity contribution is -0.144. The molecule has 0 radical (unpaired) electrons. The lowest BCUT2D eigenvalue weighted by Gasteiger charge is -2.23. The Hall–Kier alpha value is -1.10. The van der Waals surface area contributed by atoms with Crippen LogP contribution in [-0.2, 0) is 14.3 Å². The minimum Gasteiger partial charge on any atom is -0.480 e. The molecule has 0 aromatic carbocycles. The van der Waals surface area contributed by atoms with Crippen molar-refractivity contribution in [3.63, 3.8) is 0 Å². The molecule has 0 aliphatic rings. The van der Waals surface area contributed by atoms with E-state index < -0.39 is 18.1 Å². The van der Waals surface area contributed by atoms with E-state index in [1.54, 1.807) is 0 Å². The first-order valence-corrected chi connectivity index (χ1v) is 6.27. The topological polar surface area (TPSA) is 75.6 Å². The maximum Gasteiger partial charge on any atom is 0.326 e. The molecule has 5 heteroatoms. The summed E-state index contributed by atoms with van der Waals surface area (Å²) in [6.07, 6.45) is 1.09. The van der Waals surface area contributed by atoms with Crippen LogP contribution in [0.4, 0.5) is 0 Å². The Balaban J connectivity index is 4.45. The third-order valence-electron chi connectivity index (χ3n) is 2.75. The van der Waals surface area contributed by atoms with Crippen LogP contribution in [0.2, 0.25) is 0 Å². The summed E-state index contributed by atoms with van der Waals surface area (Å²) in [4.78, 5) is 22.8. The molecule has 2 N–H and O–H groups in total. The summed E-state index contributed by atoms with van der Waals surface area (Å²) < 4.78 is 4.98. The van der Waals surface area contributed by atoms with Gasteiger partial charge < -0.3 is 15.2 Å². The molecule has 5 nitrogen and oxygen atoms in total. The third kappa shape index (κ3) is 6.59. The van der Waals surface area contributed by atoms with E-state index in [9.17, 15) is 9.59 Å². The summed E-state index contributed by atoms with van der Waals surface area (Å²) in [5.74, 6) is -1.36. The van der Waals surface area contributed by atoms with Crippen LogP contribution in [0.5, 0.6) is 0 Å². The van der Waals surface area contributed by atoms with Crippen molar-refractivity contribution in [2.45, 2.75) is 59.1 Å². The highest BCUT2D eigenvalue weighted by Crippen LogP contribution is 2.21. The predicted octanol–water partition coefficient (Wildman–Crippen LogP) is 1.81. The average molecular weight is 259 g/mol. The van der Waals surface area contributed by atoms with Gasteiger partial charge in [-0.25, -0.2) is 4.79 Å². The van der Waals surface area contributed by atoms with Gasteiger partial charge in [0.1, 0.15) is 12.1 Å². The number of carboxylic acid groups (broad SMARTS) is 1. The Bertz CT molecular complexity index is 279. The molecule has 0 rings (SSSR count). The average Bonchev–Trinajstić information content (AvgIpc) is 2.24. The van der Waals surface area contributed by atoms with Crippen LogP contribution in [0.15, 0.2) is 0 Å². The van der Waals surface area contributed by atoms with Crippen LogP contribution < -0.4 is 5.32 Å². The molecule has 0 heterocycles. The third-order valence-corrected chi connectivity index (χ3v) is 2.75. The molecule has 0 fully saturated rings. The molecule has 0 saturated heterocycles. The van der Waals surface area contributed by atoms with Gasteiger partial charge in [0.05, 0.1) is 0 Å². The lowest BCUT2D eigenvalue weighted by Crippen LogP contribution is -2.46. The fraction of sp³-hybridized carbons (Fsp3) is 0.846. The Kier molecular flexibility index (Phi) is 6.91. The normalized spacial score (nSPS) is 14.9. The molecule has 2 atom stereocenters. The summed E-state index contributed by atoms with van der Waals surface area (Å²) in [6.45, 7) is 7.94. The molecular weight excluding hydrogens is 234 g/mol. The number of nitrogens with one attached hydrogen (secondary N) is 1. The number of carbonyl (C=O) groups excluding carboxylic acids is 1. The lowest BCUT2D eigenvalue weighted by atomic mass is 9.88. The minimum atomic E-state index is -1.00. The van der Waals surface area contributed by atoms with E-state index in [1.807, 2.05) is 27.7 Å². The van der Waals surface area contributed by atoms with Gasteiger partial charge in [0.25, 0.3) is 0 Å². The van der Waals surface area contributed by atoms with Crippen LogP contribution in [0.25, 0.3) is 0 Å². The molecule has 0 aromatic rings. The summed E-state index contributed by atoms with van der Waals surface area (Å²) >= 11 is 0. The second-order valence-corrected chi connectivity index (χ2v) is 5.63. The zero-order valence-corrected chi connectivity index (χ0v) is 11.9. The number of methoxy groups -OCH3 is 1. The SMILES string of the molecule is CCC(OC)C(=O)NC(CCC(C)(C)C)C(=O)O. The number of carbonyl (C=O) groups is 2. The Morgan fingerprint density at radius 2 is 1.89 bits per heavy atom. The van der Waals surface area contributed by atoms with Crippen molar-refractivity contribution < 1.29 is 19.4 Å². The van der Waals surface area contributed by atoms with Gasteiger partial charge in [0, 0.05) is 7.11 Å². The summed E-state index contributed by atoms with van der Waals surface area (Å²) in [6, 6.07) is -0.846. The van der Waals surface area contributed by atoms with Gasteiger partial charge in [-0.2, -0.15) is 0 Å². The number of hydrogen-bond acceptors (Lipinski definition) is 3. The maximum atomic E-state index is 11.7.